The highest BCUT2D eigenvalue weighted by Gasteiger charge is 2.09. The van der Waals surface area contributed by atoms with Crippen molar-refractivity contribution in [2.24, 2.45) is 7.05 Å². The summed E-state index contributed by atoms with van der Waals surface area (Å²) < 4.78 is 1.59. The lowest BCUT2D eigenvalue weighted by atomic mass is 10.1. The van der Waals surface area contributed by atoms with Crippen molar-refractivity contribution < 1.29 is 5.11 Å². The fraction of sp³-hybridized carbons (Fsp3) is 0.111. The van der Waals surface area contributed by atoms with Crippen LogP contribution >= 0.6 is 0 Å². The van der Waals surface area contributed by atoms with Crippen LogP contribution in [0.4, 0.5) is 5.69 Å². The first-order chi connectivity index (χ1) is 6.68. The Morgan fingerprint density at radius 1 is 1.43 bits per heavy atom. The summed E-state index contributed by atoms with van der Waals surface area (Å²) >= 11 is 0. The van der Waals surface area contributed by atoms with Crippen LogP contribution in [0.15, 0.2) is 24.5 Å². The van der Waals surface area contributed by atoms with Gasteiger partial charge in [0, 0.05) is 18.8 Å². The van der Waals surface area contributed by atoms with E-state index in [-0.39, 0.29) is 5.75 Å². The van der Waals surface area contributed by atoms with Gasteiger partial charge in [0.2, 0.25) is 0 Å². The lowest BCUT2D eigenvalue weighted by Gasteiger charge is -2.03. The van der Waals surface area contributed by atoms with Crippen molar-refractivity contribution in [2.75, 3.05) is 5.73 Å². The quantitative estimate of drug-likeness (QED) is 0.651. The van der Waals surface area contributed by atoms with E-state index in [1.807, 2.05) is 0 Å². The number of rotatable bonds is 1. The van der Waals surface area contributed by atoms with E-state index in [2.05, 4.69) is 10.1 Å². The second-order valence-corrected chi connectivity index (χ2v) is 2.98. The monoisotopic (exact) mass is 190 g/mol. The number of hydrogen-bond donors (Lipinski definition) is 2. The standard InChI is InChI=1S/C9H10N4O/c1-13-9(11-5-12-13)7-3-2-6(10)4-8(7)14/h2-5,14H,10H2,1H3. The zero-order chi connectivity index (χ0) is 10.1. The molecule has 0 spiro atoms. The molecule has 14 heavy (non-hydrogen) atoms. The smallest absolute Gasteiger partial charge is 0.161 e. The summed E-state index contributed by atoms with van der Waals surface area (Å²) in [6.07, 6.45) is 1.44. The fourth-order valence-electron chi connectivity index (χ4n) is 1.28. The number of nitrogen functional groups attached to an aromatic ring is 1. The summed E-state index contributed by atoms with van der Waals surface area (Å²) in [5, 5.41) is 13.5. The van der Waals surface area contributed by atoms with Crippen LogP contribution in [0, 0.1) is 0 Å². The number of aromatic nitrogens is 3. The van der Waals surface area contributed by atoms with Gasteiger partial charge in [0.25, 0.3) is 0 Å². The molecule has 2 rings (SSSR count). The lowest BCUT2D eigenvalue weighted by Crippen LogP contribution is -1.95. The second kappa shape index (κ2) is 3.02. The van der Waals surface area contributed by atoms with E-state index in [1.165, 1.54) is 12.4 Å². The van der Waals surface area contributed by atoms with Gasteiger partial charge in [-0.3, -0.25) is 0 Å². The average molecular weight is 190 g/mol. The third-order valence-corrected chi connectivity index (χ3v) is 1.97. The Kier molecular flexibility index (Phi) is 1.85. The summed E-state index contributed by atoms with van der Waals surface area (Å²) in [4.78, 5) is 4.03. The van der Waals surface area contributed by atoms with Crippen molar-refractivity contribution in [1.82, 2.24) is 14.8 Å². The Balaban J connectivity index is 2.58. The molecule has 0 radical (unpaired) electrons. The van der Waals surface area contributed by atoms with Gasteiger partial charge in [-0.2, -0.15) is 5.10 Å². The topological polar surface area (TPSA) is 77.0 Å². The first kappa shape index (κ1) is 8.55. The van der Waals surface area contributed by atoms with Crippen LogP contribution in [-0.4, -0.2) is 19.9 Å². The van der Waals surface area contributed by atoms with E-state index in [0.717, 1.165) is 0 Å². The molecular weight excluding hydrogens is 180 g/mol. The molecule has 1 heterocycles. The molecule has 0 aliphatic rings. The zero-order valence-corrected chi connectivity index (χ0v) is 7.68. The molecule has 5 nitrogen and oxygen atoms in total. The van der Waals surface area contributed by atoms with Crippen LogP contribution < -0.4 is 5.73 Å². The van der Waals surface area contributed by atoms with Crippen LogP contribution in [0.3, 0.4) is 0 Å². The number of aromatic hydroxyl groups is 1. The minimum atomic E-state index is 0.112. The molecule has 72 valence electrons. The molecule has 0 aliphatic heterocycles. The fourth-order valence-corrected chi connectivity index (χ4v) is 1.28. The van der Waals surface area contributed by atoms with Crippen molar-refractivity contribution in [2.45, 2.75) is 0 Å². The van der Waals surface area contributed by atoms with E-state index in [4.69, 9.17) is 5.73 Å². The van der Waals surface area contributed by atoms with Crippen LogP contribution in [0.1, 0.15) is 0 Å². The van der Waals surface area contributed by atoms with Crippen molar-refractivity contribution in [3.8, 4) is 17.1 Å². The van der Waals surface area contributed by atoms with Gasteiger partial charge in [-0.1, -0.05) is 0 Å². The van der Waals surface area contributed by atoms with Crippen LogP contribution in [0.2, 0.25) is 0 Å². The molecule has 0 fully saturated rings. The second-order valence-electron chi connectivity index (χ2n) is 2.98. The maximum atomic E-state index is 9.63. The van der Waals surface area contributed by atoms with E-state index >= 15 is 0 Å². The van der Waals surface area contributed by atoms with E-state index in [0.29, 0.717) is 17.1 Å². The predicted molar refractivity (Wildman–Crippen MR) is 52.5 cm³/mol. The summed E-state index contributed by atoms with van der Waals surface area (Å²) in [6, 6.07) is 4.92. The van der Waals surface area contributed by atoms with Gasteiger partial charge in [0.05, 0.1) is 5.56 Å². The maximum absolute atomic E-state index is 9.63. The van der Waals surface area contributed by atoms with Gasteiger partial charge in [-0.15, -0.1) is 0 Å². The number of phenolic OH excluding ortho intramolecular Hbond substituents is 1. The van der Waals surface area contributed by atoms with Gasteiger partial charge >= 0.3 is 0 Å². The van der Waals surface area contributed by atoms with E-state index < -0.39 is 0 Å². The van der Waals surface area contributed by atoms with E-state index in [1.54, 1.807) is 23.9 Å². The van der Waals surface area contributed by atoms with Crippen molar-refractivity contribution >= 4 is 5.69 Å². The number of aryl methyl sites for hydroxylation is 1. The van der Waals surface area contributed by atoms with Crippen LogP contribution in [0.5, 0.6) is 5.75 Å². The molecule has 2 aromatic rings. The number of nitrogens with two attached hydrogens (primary N) is 1. The van der Waals surface area contributed by atoms with Crippen LogP contribution in [-0.2, 0) is 7.05 Å². The number of hydrogen-bond acceptors (Lipinski definition) is 4. The molecular formula is C9H10N4O. The van der Waals surface area contributed by atoms with Gasteiger partial charge < -0.3 is 10.8 Å². The molecule has 1 aromatic carbocycles. The zero-order valence-electron chi connectivity index (χ0n) is 7.68. The predicted octanol–water partition coefficient (Wildman–Crippen LogP) is 0.770. The third-order valence-electron chi connectivity index (χ3n) is 1.97. The summed E-state index contributed by atoms with van der Waals surface area (Å²) in [5.41, 5.74) is 6.66. The van der Waals surface area contributed by atoms with Gasteiger partial charge in [0.1, 0.15) is 12.1 Å². The molecule has 1 aromatic heterocycles. The van der Waals surface area contributed by atoms with Gasteiger partial charge in [0.15, 0.2) is 5.82 Å². The van der Waals surface area contributed by atoms with Gasteiger partial charge in [-0.25, -0.2) is 9.67 Å². The summed E-state index contributed by atoms with van der Waals surface area (Å²) in [5.74, 6) is 0.726. The van der Waals surface area contributed by atoms with Crippen molar-refractivity contribution in [3.05, 3.63) is 24.5 Å². The SMILES string of the molecule is Cn1ncnc1-c1ccc(N)cc1O. The molecule has 0 unspecified atom stereocenters. The summed E-state index contributed by atoms with van der Waals surface area (Å²) in [6.45, 7) is 0. The normalized spacial score (nSPS) is 10.4. The molecule has 0 saturated heterocycles. The lowest BCUT2D eigenvalue weighted by molar-refractivity contribution is 0.476. The van der Waals surface area contributed by atoms with Crippen molar-refractivity contribution in [1.29, 1.82) is 0 Å². The summed E-state index contributed by atoms with van der Waals surface area (Å²) in [7, 11) is 1.76. The first-order valence-electron chi connectivity index (χ1n) is 4.11. The molecule has 0 bridgehead atoms. The Hall–Kier alpha value is -2.04. The number of phenols is 1. The number of anilines is 1. The molecule has 0 aliphatic carbocycles. The van der Waals surface area contributed by atoms with E-state index in [9.17, 15) is 5.11 Å². The van der Waals surface area contributed by atoms with Crippen LogP contribution in [0.25, 0.3) is 11.4 Å². The Morgan fingerprint density at radius 2 is 2.21 bits per heavy atom. The third kappa shape index (κ3) is 1.28. The largest absolute Gasteiger partial charge is 0.507 e. The first-order valence-corrected chi connectivity index (χ1v) is 4.11. The Morgan fingerprint density at radius 3 is 2.79 bits per heavy atom. The maximum Gasteiger partial charge on any atom is 0.161 e. The number of nitrogens with zero attached hydrogens (tertiary/aromatic N) is 3. The van der Waals surface area contributed by atoms with Gasteiger partial charge in [-0.05, 0) is 12.1 Å². The molecule has 0 amide bonds. The number of benzene rings is 1. The molecule has 0 saturated carbocycles. The average Bonchev–Trinajstić information content (AvgIpc) is 2.52. The van der Waals surface area contributed by atoms with Crippen molar-refractivity contribution in [3.63, 3.8) is 0 Å². The highest BCUT2D eigenvalue weighted by molar-refractivity contribution is 5.67. The molecule has 3 N–H and O–H groups in total. The highest BCUT2D eigenvalue weighted by atomic mass is 16.3. The highest BCUT2D eigenvalue weighted by Crippen LogP contribution is 2.28. The minimum absolute atomic E-state index is 0.112. The molecule has 0 atom stereocenters. The molecule has 5 heteroatoms. The minimum Gasteiger partial charge on any atom is -0.507 e. The Bertz CT molecular complexity index is 464. The Labute approximate surface area is 80.8 Å².